The van der Waals surface area contributed by atoms with Gasteiger partial charge in [-0.25, -0.2) is 0 Å². The summed E-state index contributed by atoms with van der Waals surface area (Å²) in [5.41, 5.74) is 4.30. The Kier molecular flexibility index (Phi) is 3.59. The summed E-state index contributed by atoms with van der Waals surface area (Å²) in [5, 5.41) is 4.44. The van der Waals surface area contributed by atoms with Crippen molar-refractivity contribution in [1.29, 1.82) is 0 Å². The lowest BCUT2D eigenvalue weighted by atomic mass is 9.69. The maximum atomic E-state index is 12.4. The third-order valence-corrected chi connectivity index (χ3v) is 5.08. The Balaban J connectivity index is 1.66. The molecule has 1 aliphatic heterocycles. The quantitative estimate of drug-likeness (QED) is 0.869. The Morgan fingerprint density at radius 2 is 2.10 bits per heavy atom. The van der Waals surface area contributed by atoms with Gasteiger partial charge < -0.3 is 5.43 Å². The van der Waals surface area contributed by atoms with Crippen molar-refractivity contribution < 1.29 is 4.79 Å². The normalized spacial score (nSPS) is 27.7. The maximum Gasteiger partial charge on any atom is 0.144 e. The molecule has 1 fully saturated rings. The van der Waals surface area contributed by atoms with Crippen molar-refractivity contribution in [3.05, 3.63) is 30.3 Å². The van der Waals surface area contributed by atoms with Gasteiger partial charge >= 0.3 is 0 Å². The first kappa shape index (κ1) is 13.7. The molecule has 1 aromatic rings. The molecule has 0 bridgehead atoms. The molecule has 20 heavy (non-hydrogen) atoms. The molecular weight excluding hydrogens is 268 g/mol. The van der Waals surface area contributed by atoms with Gasteiger partial charge in [0.1, 0.15) is 5.78 Å². The first-order valence-electron chi connectivity index (χ1n) is 7.08. The highest BCUT2D eigenvalue weighted by Gasteiger charge is 2.45. The zero-order chi connectivity index (χ0) is 14.2. The van der Waals surface area contributed by atoms with Crippen LogP contribution in [0.15, 0.2) is 40.3 Å². The lowest BCUT2D eigenvalue weighted by Crippen LogP contribution is -2.45. The number of carbonyl (C=O) groups is 1. The molecule has 2 aliphatic rings. The van der Waals surface area contributed by atoms with Crippen molar-refractivity contribution in [2.75, 3.05) is 5.75 Å². The number of fused-ring (bicyclic) bond motifs is 1. The number of ketones is 1. The number of nitrogens with one attached hydrogen (secondary N) is 1. The van der Waals surface area contributed by atoms with E-state index in [9.17, 15) is 4.79 Å². The van der Waals surface area contributed by atoms with Crippen LogP contribution >= 0.6 is 11.8 Å². The number of rotatable bonds is 3. The van der Waals surface area contributed by atoms with Crippen LogP contribution in [0.3, 0.4) is 0 Å². The zero-order valence-corrected chi connectivity index (χ0v) is 12.7. The number of hydrogen-bond donors (Lipinski definition) is 1. The summed E-state index contributed by atoms with van der Waals surface area (Å²) in [5.74, 6) is 1.15. The van der Waals surface area contributed by atoms with Crippen LogP contribution in [0.2, 0.25) is 0 Å². The fourth-order valence-corrected chi connectivity index (χ4v) is 4.07. The van der Waals surface area contributed by atoms with Crippen LogP contribution in [0.5, 0.6) is 0 Å². The number of carbonyl (C=O) groups excluding carboxylic acids is 1. The van der Waals surface area contributed by atoms with E-state index >= 15 is 0 Å². The van der Waals surface area contributed by atoms with Crippen molar-refractivity contribution in [2.24, 2.45) is 16.4 Å². The van der Waals surface area contributed by atoms with Crippen molar-refractivity contribution in [2.45, 2.75) is 37.6 Å². The number of hydrazone groups is 1. The predicted molar refractivity (Wildman–Crippen MR) is 83.0 cm³/mol. The average molecular weight is 288 g/mol. The largest absolute Gasteiger partial charge is 0.306 e. The Bertz CT molecular complexity index is 539. The Hall–Kier alpha value is -1.29. The maximum absolute atomic E-state index is 12.4. The number of Topliss-reactive ketones (excluding diaryl/α,β-unsaturated/α-hetero) is 1. The molecule has 4 heteroatoms. The summed E-state index contributed by atoms with van der Waals surface area (Å²) < 4.78 is 0. The second kappa shape index (κ2) is 5.24. The van der Waals surface area contributed by atoms with E-state index in [0.29, 0.717) is 12.2 Å². The minimum Gasteiger partial charge on any atom is -0.306 e. The van der Waals surface area contributed by atoms with Crippen molar-refractivity contribution in [3.8, 4) is 0 Å². The molecule has 1 heterocycles. The number of benzene rings is 1. The van der Waals surface area contributed by atoms with Gasteiger partial charge in [-0.15, -0.1) is 11.8 Å². The standard InChI is InChI=1S/C16H20N2OS/c1-16(2)8-12-15(14(19)9-16)13(18-17-12)10-20-11-6-4-3-5-7-11/h3-7,12,15,17H,8-10H2,1-2H3. The molecule has 0 amide bonds. The third kappa shape index (κ3) is 2.75. The summed E-state index contributed by atoms with van der Waals surface area (Å²) >= 11 is 1.75. The van der Waals surface area contributed by atoms with E-state index in [1.54, 1.807) is 11.8 Å². The van der Waals surface area contributed by atoms with Crippen LogP contribution in [0.1, 0.15) is 26.7 Å². The minimum atomic E-state index is -0.000706. The molecule has 2 atom stereocenters. The SMILES string of the molecule is CC1(C)CC(=O)C2C(CSc3ccccc3)=NNC2C1. The molecule has 0 aromatic heterocycles. The van der Waals surface area contributed by atoms with Gasteiger partial charge in [-0.1, -0.05) is 32.0 Å². The molecule has 1 N–H and O–H groups in total. The van der Waals surface area contributed by atoms with E-state index in [-0.39, 0.29) is 17.4 Å². The molecule has 2 unspecified atom stereocenters. The molecule has 0 radical (unpaired) electrons. The van der Waals surface area contributed by atoms with Gasteiger partial charge in [0, 0.05) is 17.1 Å². The van der Waals surface area contributed by atoms with E-state index in [1.807, 2.05) is 18.2 Å². The number of nitrogens with zero attached hydrogens (tertiary/aromatic N) is 1. The summed E-state index contributed by atoms with van der Waals surface area (Å²) in [6.45, 7) is 4.33. The molecule has 1 aliphatic carbocycles. The number of thioether (sulfide) groups is 1. The zero-order valence-electron chi connectivity index (χ0n) is 11.9. The summed E-state index contributed by atoms with van der Waals surface area (Å²) in [7, 11) is 0. The second-order valence-electron chi connectivity index (χ2n) is 6.43. The third-order valence-electron chi connectivity index (χ3n) is 4.04. The molecule has 0 spiro atoms. The van der Waals surface area contributed by atoms with Crippen LogP contribution in [-0.4, -0.2) is 23.3 Å². The van der Waals surface area contributed by atoms with Gasteiger partial charge in [-0.3, -0.25) is 4.79 Å². The topological polar surface area (TPSA) is 41.5 Å². The predicted octanol–water partition coefficient (Wildman–Crippen LogP) is 3.11. The smallest absolute Gasteiger partial charge is 0.144 e. The summed E-state index contributed by atoms with van der Waals surface area (Å²) in [4.78, 5) is 13.6. The van der Waals surface area contributed by atoms with Gasteiger partial charge in [-0.2, -0.15) is 5.10 Å². The van der Waals surface area contributed by atoms with Gasteiger partial charge in [0.05, 0.1) is 17.7 Å². The van der Waals surface area contributed by atoms with Crippen LogP contribution in [0.4, 0.5) is 0 Å². The molecular formula is C16H20N2OS. The number of hydrogen-bond acceptors (Lipinski definition) is 4. The van der Waals surface area contributed by atoms with Crippen molar-refractivity contribution in [3.63, 3.8) is 0 Å². The minimum absolute atomic E-state index is 0.000706. The Morgan fingerprint density at radius 1 is 1.35 bits per heavy atom. The fraction of sp³-hybridized carbons (Fsp3) is 0.500. The molecule has 1 aromatic carbocycles. The Morgan fingerprint density at radius 3 is 2.85 bits per heavy atom. The average Bonchev–Trinajstić information content (AvgIpc) is 2.79. The van der Waals surface area contributed by atoms with E-state index in [4.69, 9.17) is 0 Å². The van der Waals surface area contributed by atoms with Crippen LogP contribution in [-0.2, 0) is 4.79 Å². The second-order valence-corrected chi connectivity index (χ2v) is 7.48. The highest BCUT2D eigenvalue weighted by atomic mass is 32.2. The van der Waals surface area contributed by atoms with Gasteiger partial charge in [0.25, 0.3) is 0 Å². The monoisotopic (exact) mass is 288 g/mol. The highest BCUT2D eigenvalue weighted by Crippen LogP contribution is 2.39. The van der Waals surface area contributed by atoms with E-state index in [2.05, 4.69) is 36.5 Å². The van der Waals surface area contributed by atoms with Crippen molar-refractivity contribution >= 4 is 23.3 Å². The molecule has 0 saturated heterocycles. The molecule has 3 rings (SSSR count). The first-order chi connectivity index (χ1) is 9.55. The Labute approximate surface area is 124 Å². The first-order valence-corrected chi connectivity index (χ1v) is 8.06. The fourth-order valence-electron chi connectivity index (χ4n) is 3.16. The highest BCUT2D eigenvalue weighted by molar-refractivity contribution is 8.00. The molecule has 3 nitrogen and oxygen atoms in total. The van der Waals surface area contributed by atoms with Crippen LogP contribution < -0.4 is 5.43 Å². The van der Waals surface area contributed by atoms with Gasteiger partial charge in [0.15, 0.2) is 0 Å². The molecule has 1 saturated carbocycles. The lowest BCUT2D eigenvalue weighted by molar-refractivity contribution is -0.126. The van der Waals surface area contributed by atoms with Crippen LogP contribution in [0.25, 0.3) is 0 Å². The van der Waals surface area contributed by atoms with E-state index in [0.717, 1.165) is 17.9 Å². The van der Waals surface area contributed by atoms with E-state index < -0.39 is 0 Å². The summed E-state index contributed by atoms with van der Waals surface area (Å²) in [6, 6.07) is 10.5. The summed E-state index contributed by atoms with van der Waals surface area (Å²) in [6.07, 6.45) is 1.69. The molecule has 106 valence electrons. The van der Waals surface area contributed by atoms with E-state index in [1.165, 1.54) is 4.90 Å². The van der Waals surface area contributed by atoms with Crippen LogP contribution in [0, 0.1) is 11.3 Å². The van der Waals surface area contributed by atoms with Gasteiger partial charge in [-0.05, 0) is 24.0 Å². The van der Waals surface area contributed by atoms with Crippen molar-refractivity contribution in [1.82, 2.24) is 5.43 Å². The van der Waals surface area contributed by atoms with Gasteiger partial charge in [0.2, 0.25) is 0 Å². The lowest BCUT2D eigenvalue weighted by Gasteiger charge is -2.36.